The molecule has 1 aromatic carbocycles. The molecule has 0 fully saturated rings. The topological polar surface area (TPSA) is 3.24 Å². The van der Waals surface area contributed by atoms with Gasteiger partial charge in [-0.1, -0.05) is 43.3 Å². The number of aryl methyl sites for hydroxylation is 1. The van der Waals surface area contributed by atoms with Crippen molar-refractivity contribution in [1.29, 1.82) is 0 Å². The van der Waals surface area contributed by atoms with Crippen molar-refractivity contribution in [3.8, 4) is 0 Å². The summed E-state index contributed by atoms with van der Waals surface area (Å²) in [4.78, 5) is 1.96. The number of hydrogen-bond acceptors (Lipinski definition) is 1. The van der Waals surface area contributed by atoms with Gasteiger partial charge < -0.3 is 4.90 Å². The molecule has 102 valence electrons. The van der Waals surface area contributed by atoms with Gasteiger partial charge in [0.15, 0.2) is 0 Å². The molecule has 0 radical (unpaired) electrons. The van der Waals surface area contributed by atoms with Crippen molar-refractivity contribution < 1.29 is 4.39 Å². The molecule has 0 saturated heterocycles. The Bertz CT molecular complexity index is 664. The monoisotopic (exact) mass is 267 g/mol. The summed E-state index contributed by atoms with van der Waals surface area (Å²) >= 11 is 0. The first-order valence-corrected chi connectivity index (χ1v) is 6.91. The van der Waals surface area contributed by atoms with Crippen molar-refractivity contribution in [2.45, 2.75) is 20.3 Å². The van der Waals surface area contributed by atoms with E-state index in [0.29, 0.717) is 0 Å². The molecule has 1 atom stereocenters. The fourth-order valence-corrected chi connectivity index (χ4v) is 2.62. The highest BCUT2D eigenvalue weighted by atomic mass is 19.1. The Labute approximate surface area is 119 Å². The zero-order chi connectivity index (χ0) is 14.3. The Kier molecular flexibility index (Phi) is 3.09. The summed E-state index contributed by atoms with van der Waals surface area (Å²) in [5, 5.41) is 0. The minimum atomic E-state index is -0.0570. The molecule has 20 heavy (non-hydrogen) atoms. The van der Waals surface area contributed by atoms with Gasteiger partial charge in [0, 0.05) is 29.1 Å². The van der Waals surface area contributed by atoms with Crippen LogP contribution in [-0.2, 0) is 0 Å². The van der Waals surface area contributed by atoms with Gasteiger partial charge in [-0.15, -0.1) is 0 Å². The van der Waals surface area contributed by atoms with Gasteiger partial charge in [0.2, 0.25) is 0 Å². The molecular weight excluding hydrogens is 249 g/mol. The number of hydrogen-bond donors (Lipinski definition) is 0. The highest BCUT2D eigenvalue weighted by molar-refractivity contribution is 5.78. The third-order valence-electron chi connectivity index (χ3n) is 3.93. The molecule has 1 unspecified atom stereocenters. The lowest BCUT2D eigenvalue weighted by Gasteiger charge is -2.30. The van der Waals surface area contributed by atoms with Crippen LogP contribution in [0.5, 0.6) is 0 Å². The van der Waals surface area contributed by atoms with Gasteiger partial charge in [0.25, 0.3) is 0 Å². The van der Waals surface area contributed by atoms with Gasteiger partial charge >= 0.3 is 0 Å². The lowest BCUT2D eigenvalue weighted by Crippen LogP contribution is -2.19. The van der Waals surface area contributed by atoms with Crippen LogP contribution in [0.2, 0.25) is 0 Å². The second kappa shape index (κ2) is 4.78. The molecule has 1 heterocycles. The van der Waals surface area contributed by atoms with E-state index in [1.54, 1.807) is 6.08 Å². The highest BCUT2D eigenvalue weighted by Crippen LogP contribution is 2.35. The first-order chi connectivity index (χ1) is 9.56. The predicted octanol–water partition coefficient (Wildman–Crippen LogP) is 5.03. The van der Waals surface area contributed by atoms with Crippen LogP contribution in [-0.4, -0.2) is 4.90 Å². The van der Waals surface area contributed by atoms with E-state index in [-0.39, 0.29) is 11.7 Å². The van der Waals surface area contributed by atoms with Crippen LogP contribution in [0.4, 0.5) is 4.39 Å². The Morgan fingerprint density at radius 2 is 2.15 bits per heavy atom. The minimum absolute atomic E-state index is 0.0179. The second-order valence-corrected chi connectivity index (χ2v) is 5.52. The van der Waals surface area contributed by atoms with Crippen molar-refractivity contribution >= 4 is 11.8 Å². The summed E-state index contributed by atoms with van der Waals surface area (Å²) in [7, 11) is 0. The molecule has 0 bridgehead atoms. The molecule has 0 spiro atoms. The van der Waals surface area contributed by atoms with Gasteiger partial charge in [-0.25, -0.2) is 4.39 Å². The molecule has 3 rings (SSSR count). The number of nitrogens with zero attached hydrogens (tertiary/aromatic N) is 1. The van der Waals surface area contributed by atoms with E-state index in [1.165, 1.54) is 11.1 Å². The quantitative estimate of drug-likeness (QED) is 0.690. The SMILES string of the molecule is C=C1c2ccc(C)cc2C=CN1C1=CCC(C)C(F)=C1. The number of benzene rings is 1. The van der Waals surface area contributed by atoms with Gasteiger partial charge in [-0.3, -0.25) is 0 Å². The maximum atomic E-state index is 13.8. The van der Waals surface area contributed by atoms with Crippen molar-refractivity contribution in [1.82, 2.24) is 4.90 Å². The van der Waals surface area contributed by atoms with Crippen molar-refractivity contribution in [2.75, 3.05) is 0 Å². The largest absolute Gasteiger partial charge is 0.317 e. The van der Waals surface area contributed by atoms with Gasteiger partial charge in [-0.2, -0.15) is 0 Å². The highest BCUT2D eigenvalue weighted by Gasteiger charge is 2.21. The van der Waals surface area contributed by atoms with Gasteiger partial charge in [0.05, 0.1) is 0 Å². The number of fused-ring (bicyclic) bond motifs is 1. The Hall–Kier alpha value is -2.09. The maximum absolute atomic E-state index is 13.8. The molecule has 1 aromatic rings. The van der Waals surface area contributed by atoms with E-state index in [9.17, 15) is 4.39 Å². The van der Waals surface area contributed by atoms with Crippen LogP contribution in [0, 0.1) is 12.8 Å². The lowest BCUT2D eigenvalue weighted by molar-refractivity contribution is 0.478. The molecule has 0 N–H and O–H groups in total. The standard InChI is InChI=1S/C18H18FN/c1-12-4-7-17-14(3)20(9-8-15(17)10-12)16-6-5-13(2)18(19)11-16/h4,6-11,13H,3,5H2,1-2H3. The number of rotatable bonds is 1. The summed E-state index contributed by atoms with van der Waals surface area (Å²) < 4.78 is 13.8. The summed E-state index contributed by atoms with van der Waals surface area (Å²) in [5.41, 5.74) is 5.26. The first-order valence-electron chi connectivity index (χ1n) is 6.91. The number of halogens is 1. The Morgan fingerprint density at radius 3 is 2.90 bits per heavy atom. The van der Waals surface area contributed by atoms with E-state index >= 15 is 0 Å². The van der Waals surface area contributed by atoms with E-state index in [1.807, 2.05) is 18.0 Å². The second-order valence-electron chi connectivity index (χ2n) is 5.52. The molecule has 2 heteroatoms. The van der Waals surface area contributed by atoms with Crippen LogP contribution < -0.4 is 0 Å². The molecule has 0 saturated carbocycles. The lowest BCUT2D eigenvalue weighted by atomic mass is 9.96. The fourth-order valence-electron chi connectivity index (χ4n) is 2.62. The minimum Gasteiger partial charge on any atom is -0.317 e. The normalized spacial score (nSPS) is 21.4. The predicted molar refractivity (Wildman–Crippen MR) is 82.1 cm³/mol. The molecule has 1 nitrogen and oxygen atoms in total. The zero-order valence-corrected chi connectivity index (χ0v) is 11.9. The van der Waals surface area contributed by atoms with Crippen LogP contribution in [0.15, 0.2) is 54.7 Å². The van der Waals surface area contributed by atoms with Crippen LogP contribution in [0.3, 0.4) is 0 Å². The smallest absolute Gasteiger partial charge is 0.105 e. The average molecular weight is 267 g/mol. The summed E-state index contributed by atoms with van der Waals surface area (Å²) in [5.74, 6) is -0.0749. The third-order valence-corrected chi connectivity index (χ3v) is 3.93. The van der Waals surface area contributed by atoms with Gasteiger partial charge in [0.1, 0.15) is 5.83 Å². The van der Waals surface area contributed by atoms with E-state index in [4.69, 9.17) is 0 Å². The summed E-state index contributed by atoms with van der Waals surface area (Å²) in [6, 6.07) is 6.30. The molecular formula is C18H18FN. The van der Waals surface area contributed by atoms with Crippen LogP contribution >= 0.6 is 0 Å². The molecule has 1 aliphatic carbocycles. The summed E-state index contributed by atoms with van der Waals surface area (Å²) in [6.45, 7) is 8.14. The zero-order valence-electron chi connectivity index (χ0n) is 11.9. The van der Waals surface area contributed by atoms with Crippen molar-refractivity contribution in [3.05, 3.63) is 71.3 Å². The average Bonchev–Trinajstić information content (AvgIpc) is 2.42. The molecule has 0 aromatic heterocycles. The Morgan fingerprint density at radius 1 is 1.35 bits per heavy atom. The third kappa shape index (κ3) is 2.11. The molecule has 1 aliphatic heterocycles. The fraction of sp³-hybridized carbons (Fsp3) is 0.222. The number of allylic oxidation sites excluding steroid dienone is 3. The van der Waals surface area contributed by atoms with Crippen molar-refractivity contribution in [2.24, 2.45) is 5.92 Å². The maximum Gasteiger partial charge on any atom is 0.105 e. The van der Waals surface area contributed by atoms with E-state index < -0.39 is 0 Å². The molecule has 0 amide bonds. The van der Waals surface area contributed by atoms with Crippen LogP contribution in [0.25, 0.3) is 11.8 Å². The van der Waals surface area contributed by atoms with Crippen LogP contribution in [0.1, 0.15) is 30.0 Å². The first kappa shape index (κ1) is 12.9. The van der Waals surface area contributed by atoms with Crippen molar-refractivity contribution in [3.63, 3.8) is 0 Å². The van der Waals surface area contributed by atoms with E-state index in [2.05, 4.69) is 43.9 Å². The van der Waals surface area contributed by atoms with E-state index in [0.717, 1.165) is 23.4 Å². The summed E-state index contributed by atoms with van der Waals surface area (Å²) in [6.07, 6.45) is 8.44. The Balaban J connectivity index is 1.96. The van der Waals surface area contributed by atoms with Gasteiger partial charge in [-0.05, 0) is 31.1 Å². The molecule has 2 aliphatic rings.